The first-order chi connectivity index (χ1) is 13.7. The summed E-state index contributed by atoms with van der Waals surface area (Å²) in [6.45, 7) is 3.08. The number of carbonyl (C=O) groups is 1. The lowest BCUT2D eigenvalue weighted by atomic mass is 9.98. The Bertz CT molecular complexity index is 779. The van der Waals surface area contributed by atoms with Gasteiger partial charge in [-0.1, -0.05) is 47.6 Å². The highest BCUT2D eigenvalue weighted by atomic mass is 16.6. The van der Waals surface area contributed by atoms with Crippen LogP contribution in [0.15, 0.2) is 59.8 Å². The molecule has 3 rings (SSSR count). The number of carboxylic acids is 1. The number of benzene rings is 2. The van der Waals surface area contributed by atoms with Gasteiger partial charge in [0, 0.05) is 18.7 Å². The number of nitrogens with zero attached hydrogens (tertiary/aromatic N) is 2. The smallest absolute Gasteiger partial charge is 0.307 e. The first-order valence-electron chi connectivity index (χ1n) is 9.58. The zero-order valence-electron chi connectivity index (χ0n) is 15.9. The van der Waals surface area contributed by atoms with Gasteiger partial charge < -0.3 is 14.7 Å². The molecule has 0 spiro atoms. The van der Waals surface area contributed by atoms with Crippen molar-refractivity contribution in [2.45, 2.75) is 19.4 Å². The molecule has 1 N–H and O–H groups in total. The van der Waals surface area contributed by atoms with Gasteiger partial charge in [0.15, 0.2) is 0 Å². The van der Waals surface area contributed by atoms with Crippen molar-refractivity contribution < 1.29 is 19.5 Å². The minimum absolute atomic E-state index is 0.272. The van der Waals surface area contributed by atoms with E-state index in [-0.39, 0.29) is 5.92 Å². The Balaban J connectivity index is 1.45. The molecule has 6 heteroatoms. The van der Waals surface area contributed by atoms with Gasteiger partial charge in [-0.2, -0.15) is 0 Å². The molecule has 1 fully saturated rings. The van der Waals surface area contributed by atoms with Crippen molar-refractivity contribution in [3.05, 3.63) is 65.7 Å². The highest BCUT2D eigenvalue weighted by Crippen LogP contribution is 2.18. The minimum atomic E-state index is -0.712. The van der Waals surface area contributed by atoms with E-state index in [4.69, 9.17) is 14.7 Å². The molecule has 1 aliphatic heterocycles. The van der Waals surface area contributed by atoms with Gasteiger partial charge in [0.1, 0.15) is 19.0 Å². The van der Waals surface area contributed by atoms with Crippen LogP contribution >= 0.6 is 0 Å². The molecule has 0 aliphatic carbocycles. The molecule has 2 aromatic carbocycles. The molecule has 0 bridgehead atoms. The Morgan fingerprint density at radius 2 is 1.96 bits per heavy atom. The maximum absolute atomic E-state index is 11.1. The third-order valence-corrected chi connectivity index (χ3v) is 4.78. The molecule has 1 atom stereocenters. The number of oxime groups is 1. The van der Waals surface area contributed by atoms with E-state index in [0.717, 1.165) is 36.3 Å². The van der Waals surface area contributed by atoms with Crippen LogP contribution in [0.2, 0.25) is 0 Å². The van der Waals surface area contributed by atoms with Crippen LogP contribution in [0.4, 0.5) is 0 Å². The van der Waals surface area contributed by atoms with Crippen molar-refractivity contribution in [3.8, 4) is 5.75 Å². The molecular formula is C22H26N2O4. The Morgan fingerprint density at radius 3 is 2.79 bits per heavy atom. The lowest BCUT2D eigenvalue weighted by Gasteiger charge is -2.29. The summed E-state index contributed by atoms with van der Waals surface area (Å²) < 4.78 is 5.90. The van der Waals surface area contributed by atoms with E-state index in [9.17, 15) is 4.79 Å². The maximum Gasteiger partial charge on any atom is 0.307 e. The van der Waals surface area contributed by atoms with Crippen LogP contribution in [0.1, 0.15) is 24.0 Å². The molecular weight excluding hydrogens is 356 g/mol. The standard InChI is InChI=1S/C22H26N2O4/c25-22(26)20-10-6-12-24(16-20)13-14-28-23-15-19-9-4-5-11-21(19)27-17-18-7-2-1-3-8-18/h1-5,7-9,11,15,20H,6,10,12-14,16-17H2,(H,25,26)/b23-15+. The molecule has 2 aromatic rings. The predicted molar refractivity (Wildman–Crippen MR) is 108 cm³/mol. The van der Waals surface area contributed by atoms with Crippen LogP contribution in [0.5, 0.6) is 5.75 Å². The van der Waals surface area contributed by atoms with E-state index in [1.807, 2.05) is 54.6 Å². The van der Waals surface area contributed by atoms with Crippen LogP contribution in [-0.2, 0) is 16.2 Å². The van der Waals surface area contributed by atoms with Crippen molar-refractivity contribution in [3.63, 3.8) is 0 Å². The van der Waals surface area contributed by atoms with Crippen molar-refractivity contribution in [1.82, 2.24) is 4.90 Å². The summed E-state index contributed by atoms with van der Waals surface area (Å²) in [7, 11) is 0. The van der Waals surface area contributed by atoms with Gasteiger partial charge in [0.2, 0.25) is 0 Å². The molecule has 1 unspecified atom stereocenters. The van der Waals surface area contributed by atoms with Gasteiger partial charge in [0.25, 0.3) is 0 Å². The third-order valence-electron chi connectivity index (χ3n) is 4.78. The number of para-hydroxylation sites is 1. The molecule has 148 valence electrons. The molecule has 1 heterocycles. The molecule has 6 nitrogen and oxygen atoms in total. The summed E-state index contributed by atoms with van der Waals surface area (Å²) in [5.74, 6) is -0.235. The minimum Gasteiger partial charge on any atom is -0.488 e. The number of hydrogen-bond donors (Lipinski definition) is 1. The van der Waals surface area contributed by atoms with E-state index < -0.39 is 5.97 Å². The van der Waals surface area contributed by atoms with Crippen molar-refractivity contribution in [2.24, 2.45) is 11.1 Å². The van der Waals surface area contributed by atoms with Gasteiger partial charge in [-0.3, -0.25) is 9.69 Å². The summed E-state index contributed by atoms with van der Waals surface area (Å²) in [5, 5.41) is 13.2. The van der Waals surface area contributed by atoms with Gasteiger partial charge in [-0.25, -0.2) is 0 Å². The normalized spacial score (nSPS) is 17.5. The van der Waals surface area contributed by atoms with E-state index in [2.05, 4.69) is 10.1 Å². The highest BCUT2D eigenvalue weighted by Gasteiger charge is 2.24. The zero-order valence-corrected chi connectivity index (χ0v) is 15.9. The largest absolute Gasteiger partial charge is 0.488 e. The molecule has 0 aromatic heterocycles. The second-order valence-corrected chi connectivity index (χ2v) is 6.86. The van der Waals surface area contributed by atoms with E-state index in [1.54, 1.807) is 6.21 Å². The lowest BCUT2D eigenvalue weighted by molar-refractivity contribution is -0.143. The van der Waals surface area contributed by atoms with Crippen LogP contribution in [0, 0.1) is 5.92 Å². The SMILES string of the molecule is O=C(O)C1CCCN(CCO/N=C/c2ccccc2OCc2ccccc2)C1. The molecule has 28 heavy (non-hydrogen) atoms. The highest BCUT2D eigenvalue weighted by molar-refractivity contribution is 5.83. The van der Waals surface area contributed by atoms with Gasteiger partial charge in [-0.05, 0) is 37.1 Å². The first kappa shape index (κ1) is 19.9. The average molecular weight is 382 g/mol. The van der Waals surface area contributed by atoms with Crippen molar-refractivity contribution >= 4 is 12.2 Å². The van der Waals surface area contributed by atoms with Crippen LogP contribution in [-0.4, -0.2) is 48.4 Å². The summed E-state index contributed by atoms with van der Waals surface area (Å²) in [6.07, 6.45) is 3.31. The summed E-state index contributed by atoms with van der Waals surface area (Å²) in [5.41, 5.74) is 1.95. The van der Waals surface area contributed by atoms with Crippen LogP contribution < -0.4 is 4.74 Å². The second-order valence-electron chi connectivity index (χ2n) is 6.86. The quantitative estimate of drug-likeness (QED) is 0.409. The van der Waals surface area contributed by atoms with E-state index in [0.29, 0.717) is 26.3 Å². The molecule has 1 saturated heterocycles. The maximum atomic E-state index is 11.1. The first-order valence-corrected chi connectivity index (χ1v) is 9.58. The van der Waals surface area contributed by atoms with Crippen LogP contribution in [0.3, 0.4) is 0 Å². The summed E-state index contributed by atoms with van der Waals surface area (Å²) >= 11 is 0. The number of ether oxygens (including phenoxy) is 1. The fourth-order valence-electron chi connectivity index (χ4n) is 3.23. The molecule has 0 amide bonds. The fourth-order valence-corrected chi connectivity index (χ4v) is 3.23. The van der Waals surface area contributed by atoms with Gasteiger partial charge in [-0.15, -0.1) is 0 Å². The average Bonchev–Trinajstić information content (AvgIpc) is 2.73. The second kappa shape index (κ2) is 10.5. The summed E-state index contributed by atoms with van der Waals surface area (Å²) in [6, 6.07) is 17.7. The third kappa shape index (κ3) is 6.09. The van der Waals surface area contributed by atoms with Crippen LogP contribution in [0.25, 0.3) is 0 Å². The number of piperidine rings is 1. The number of carboxylic acid groups (broad SMARTS) is 1. The van der Waals surface area contributed by atoms with Crippen molar-refractivity contribution in [1.29, 1.82) is 0 Å². The number of likely N-dealkylation sites (tertiary alicyclic amines) is 1. The number of rotatable bonds is 9. The van der Waals surface area contributed by atoms with E-state index in [1.165, 1.54) is 0 Å². The predicted octanol–water partition coefficient (Wildman–Crippen LogP) is 3.41. The molecule has 0 saturated carbocycles. The Hall–Kier alpha value is -2.86. The number of aliphatic carboxylic acids is 1. The topological polar surface area (TPSA) is 71.4 Å². The van der Waals surface area contributed by atoms with Crippen molar-refractivity contribution in [2.75, 3.05) is 26.2 Å². The number of hydrogen-bond acceptors (Lipinski definition) is 5. The Labute approximate surface area is 165 Å². The molecule has 0 radical (unpaired) electrons. The fraction of sp³-hybridized carbons (Fsp3) is 0.364. The monoisotopic (exact) mass is 382 g/mol. The van der Waals surface area contributed by atoms with E-state index >= 15 is 0 Å². The Morgan fingerprint density at radius 1 is 1.18 bits per heavy atom. The van der Waals surface area contributed by atoms with Gasteiger partial charge in [0.05, 0.1) is 12.1 Å². The Kier molecular flexibility index (Phi) is 7.44. The summed E-state index contributed by atoms with van der Waals surface area (Å²) in [4.78, 5) is 18.6. The lowest BCUT2D eigenvalue weighted by Crippen LogP contribution is -2.40. The van der Waals surface area contributed by atoms with Gasteiger partial charge >= 0.3 is 5.97 Å². The zero-order chi connectivity index (χ0) is 19.6. The molecule has 1 aliphatic rings.